The quantitative estimate of drug-likeness (QED) is 0.865. The normalized spacial score (nSPS) is 16.9. The van der Waals surface area contributed by atoms with Crippen LogP contribution in [0, 0.1) is 0 Å². The zero-order chi connectivity index (χ0) is 13.4. The maximum atomic E-state index is 12.4. The van der Waals surface area contributed by atoms with Crippen LogP contribution in [0.5, 0.6) is 0 Å². The van der Waals surface area contributed by atoms with Crippen LogP contribution in [0.2, 0.25) is 5.02 Å². The molecule has 3 rings (SSSR count). The van der Waals surface area contributed by atoms with Crippen molar-refractivity contribution < 1.29 is 4.74 Å². The molecule has 0 bridgehead atoms. The lowest BCUT2D eigenvalue weighted by Gasteiger charge is -2.23. The molecule has 5 nitrogen and oxygen atoms in total. The van der Waals surface area contributed by atoms with Crippen molar-refractivity contribution in [2.24, 2.45) is 0 Å². The molecule has 1 fully saturated rings. The van der Waals surface area contributed by atoms with Crippen molar-refractivity contribution in [1.82, 2.24) is 9.55 Å². The monoisotopic (exact) mass is 280 g/mol. The SMILES string of the molecule is O=c1[nH]c2ccc(Cl)cc2c(=O)n1C1CCOCC1. The second kappa shape index (κ2) is 4.83. The smallest absolute Gasteiger partial charge is 0.329 e. The molecule has 6 heteroatoms. The zero-order valence-electron chi connectivity index (χ0n) is 10.2. The topological polar surface area (TPSA) is 64.1 Å². The van der Waals surface area contributed by atoms with Gasteiger partial charge < -0.3 is 9.72 Å². The Hall–Kier alpha value is -1.59. The van der Waals surface area contributed by atoms with Crippen LogP contribution in [0.1, 0.15) is 18.9 Å². The summed E-state index contributed by atoms with van der Waals surface area (Å²) in [6.07, 6.45) is 1.35. The van der Waals surface area contributed by atoms with Gasteiger partial charge in [-0.25, -0.2) is 4.79 Å². The highest BCUT2D eigenvalue weighted by Gasteiger charge is 2.20. The summed E-state index contributed by atoms with van der Waals surface area (Å²) in [7, 11) is 0. The van der Waals surface area contributed by atoms with Crippen molar-refractivity contribution in [3.63, 3.8) is 0 Å². The van der Waals surface area contributed by atoms with Gasteiger partial charge in [0, 0.05) is 24.3 Å². The maximum absolute atomic E-state index is 12.4. The van der Waals surface area contributed by atoms with Gasteiger partial charge in [0.1, 0.15) is 0 Å². The summed E-state index contributed by atoms with van der Waals surface area (Å²) in [6, 6.07) is 4.78. The molecule has 0 amide bonds. The first-order chi connectivity index (χ1) is 9.16. The minimum Gasteiger partial charge on any atom is -0.381 e. The first-order valence-corrected chi connectivity index (χ1v) is 6.56. The summed E-state index contributed by atoms with van der Waals surface area (Å²) in [5.41, 5.74) is -0.136. The Kier molecular flexibility index (Phi) is 3.16. The fourth-order valence-electron chi connectivity index (χ4n) is 2.47. The molecule has 0 atom stereocenters. The highest BCUT2D eigenvalue weighted by atomic mass is 35.5. The summed E-state index contributed by atoms with van der Waals surface area (Å²) >= 11 is 5.91. The van der Waals surface area contributed by atoms with E-state index >= 15 is 0 Å². The Morgan fingerprint density at radius 1 is 1.26 bits per heavy atom. The van der Waals surface area contributed by atoms with Crippen LogP contribution in [0.15, 0.2) is 27.8 Å². The van der Waals surface area contributed by atoms with Crippen LogP contribution in [-0.4, -0.2) is 22.8 Å². The van der Waals surface area contributed by atoms with E-state index in [1.165, 1.54) is 4.57 Å². The number of aromatic nitrogens is 2. The molecule has 1 aromatic carbocycles. The van der Waals surface area contributed by atoms with Gasteiger partial charge in [0.2, 0.25) is 0 Å². The number of hydrogen-bond donors (Lipinski definition) is 1. The summed E-state index contributed by atoms with van der Waals surface area (Å²) < 4.78 is 6.55. The fraction of sp³-hybridized carbons (Fsp3) is 0.385. The standard InChI is InChI=1S/C13H13ClN2O3/c14-8-1-2-11-10(7-8)12(17)16(13(18)15-11)9-3-5-19-6-4-9/h1-2,7,9H,3-6H2,(H,15,18). The van der Waals surface area contributed by atoms with Gasteiger partial charge in [-0.05, 0) is 31.0 Å². The number of H-pyrrole nitrogens is 1. The molecule has 1 aliphatic rings. The molecule has 0 unspecified atom stereocenters. The van der Waals surface area contributed by atoms with Crippen molar-refractivity contribution in [3.05, 3.63) is 44.1 Å². The van der Waals surface area contributed by atoms with E-state index < -0.39 is 0 Å². The van der Waals surface area contributed by atoms with Crippen LogP contribution in [0.4, 0.5) is 0 Å². The van der Waals surface area contributed by atoms with Crippen LogP contribution >= 0.6 is 11.6 Å². The van der Waals surface area contributed by atoms with Crippen molar-refractivity contribution in [2.75, 3.05) is 13.2 Å². The largest absolute Gasteiger partial charge is 0.381 e. The Morgan fingerprint density at radius 2 is 2.00 bits per heavy atom. The Bertz CT molecular complexity index is 729. The predicted molar refractivity (Wildman–Crippen MR) is 72.9 cm³/mol. The molecule has 1 saturated heterocycles. The molecular weight excluding hydrogens is 268 g/mol. The van der Waals surface area contributed by atoms with Crippen molar-refractivity contribution in [2.45, 2.75) is 18.9 Å². The number of benzene rings is 1. The number of ether oxygens (including phenoxy) is 1. The molecule has 19 heavy (non-hydrogen) atoms. The van der Waals surface area contributed by atoms with Crippen LogP contribution in [0.3, 0.4) is 0 Å². The zero-order valence-corrected chi connectivity index (χ0v) is 10.9. The molecule has 0 saturated carbocycles. The van der Waals surface area contributed by atoms with Gasteiger partial charge in [-0.3, -0.25) is 9.36 Å². The lowest BCUT2D eigenvalue weighted by Crippen LogP contribution is -2.40. The summed E-state index contributed by atoms with van der Waals surface area (Å²) in [5.74, 6) is 0. The van der Waals surface area contributed by atoms with Gasteiger partial charge in [-0.1, -0.05) is 11.6 Å². The number of nitrogens with zero attached hydrogens (tertiary/aromatic N) is 1. The van der Waals surface area contributed by atoms with Gasteiger partial charge in [0.25, 0.3) is 5.56 Å². The summed E-state index contributed by atoms with van der Waals surface area (Å²) in [4.78, 5) is 27.2. The van der Waals surface area contributed by atoms with E-state index in [0.29, 0.717) is 42.0 Å². The van der Waals surface area contributed by atoms with E-state index in [1.807, 2.05) is 0 Å². The Labute approximate surface area is 113 Å². The van der Waals surface area contributed by atoms with E-state index in [9.17, 15) is 9.59 Å². The highest BCUT2D eigenvalue weighted by Crippen LogP contribution is 2.19. The number of rotatable bonds is 1. The van der Waals surface area contributed by atoms with E-state index in [1.54, 1.807) is 18.2 Å². The summed E-state index contributed by atoms with van der Waals surface area (Å²) in [5, 5.41) is 0.925. The average molecular weight is 281 g/mol. The van der Waals surface area contributed by atoms with Gasteiger partial charge >= 0.3 is 5.69 Å². The molecule has 0 aliphatic carbocycles. The third-order valence-electron chi connectivity index (χ3n) is 3.45. The number of fused-ring (bicyclic) bond motifs is 1. The molecule has 2 heterocycles. The number of aromatic amines is 1. The molecule has 1 aromatic heterocycles. The molecular formula is C13H13ClN2O3. The van der Waals surface area contributed by atoms with E-state index in [-0.39, 0.29) is 17.3 Å². The molecule has 0 radical (unpaired) electrons. The minimum absolute atomic E-state index is 0.103. The minimum atomic E-state index is -0.369. The first kappa shape index (κ1) is 12.4. The Morgan fingerprint density at radius 3 is 2.74 bits per heavy atom. The average Bonchev–Trinajstić information content (AvgIpc) is 2.41. The highest BCUT2D eigenvalue weighted by molar-refractivity contribution is 6.31. The van der Waals surface area contributed by atoms with E-state index in [2.05, 4.69) is 4.98 Å². The van der Waals surface area contributed by atoms with Crippen molar-refractivity contribution in [3.8, 4) is 0 Å². The molecule has 2 aromatic rings. The lowest BCUT2D eigenvalue weighted by molar-refractivity contribution is 0.0676. The number of nitrogens with one attached hydrogen (secondary N) is 1. The van der Waals surface area contributed by atoms with E-state index in [4.69, 9.17) is 16.3 Å². The fourth-order valence-corrected chi connectivity index (χ4v) is 2.65. The van der Waals surface area contributed by atoms with Crippen LogP contribution in [-0.2, 0) is 4.74 Å². The van der Waals surface area contributed by atoms with Gasteiger partial charge in [-0.15, -0.1) is 0 Å². The van der Waals surface area contributed by atoms with Gasteiger partial charge in [-0.2, -0.15) is 0 Å². The Balaban J connectivity index is 2.24. The van der Waals surface area contributed by atoms with Crippen LogP contribution < -0.4 is 11.2 Å². The van der Waals surface area contributed by atoms with Gasteiger partial charge in [0.05, 0.1) is 10.9 Å². The molecule has 0 spiro atoms. The second-order valence-corrected chi connectivity index (χ2v) is 5.08. The molecule has 1 aliphatic heterocycles. The van der Waals surface area contributed by atoms with Crippen LogP contribution in [0.25, 0.3) is 10.9 Å². The number of halogens is 1. The number of hydrogen-bond acceptors (Lipinski definition) is 3. The lowest BCUT2D eigenvalue weighted by atomic mass is 10.1. The maximum Gasteiger partial charge on any atom is 0.329 e. The third-order valence-corrected chi connectivity index (χ3v) is 3.68. The van der Waals surface area contributed by atoms with E-state index in [0.717, 1.165) is 0 Å². The second-order valence-electron chi connectivity index (χ2n) is 4.64. The van der Waals surface area contributed by atoms with Crippen molar-refractivity contribution in [1.29, 1.82) is 0 Å². The third kappa shape index (κ3) is 2.19. The molecule has 1 N–H and O–H groups in total. The predicted octanol–water partition coefficient (Wildman–Crippen LogP) is 1.69. The van der Waals surface area contributed by atoms with Crippen molar-refractivity contribution >= 4 is 22.5 Å². The molecule has 100 valence electrons. The van der Waals surface area contributed by atoms with Gasteiger partial charge in [0.15, 0.2) is 0 Å². The first-order valence-electron chi connectivity index (χ1n) is 6.18. The summed E-state index contributed by atoms with van der Waals surface area (Å²) in [6.45, 7) is 1.15.